The number of benzene rings is 3. The van der Waals surface area contributed by atoms with Crippen LogP contribution in [0.2, 0.25) is 0 Å². The van der Waals surface area contributed by atoms with Crippen molar-refractivity contribution in [2.75, 3.05) is 44.6 Å². The molecule has 2 aliphatic rings. The molecule has 3 aromatic carbocycles. The smallest absolute Gasteiger partial charge is 0.313 e. The predicted octanol–water partition coefficient (Wildman–Crippen LogP) is 5.25. The summed E-state index contributed by atoms with van der Waals surface area (Å²) in [6.45, 7) is 6.70. The van der Waals surface area contributed by atoms with Gasteiger partial charge in [0, 0.05) is 62.4 Å². The van der Waals surface area contributed by atoms with Gasteiger partial charge in [-0.1, -0.05) is 58.4 Å². The minimum absolute atomic E-state index is 0.00724. The zero-order valence-electron chi connectivity index (χ0n) is 22.5. The van der Waals surface area contributed by atoms with Gasteiger partial charge >= 0.3 is 11.8 Å². The summed E-state index contributed by atoms with van der Waals surface area (Å²) in [6.07, 6.45) is 0.00724. The maximum absolute atomic E-state index is 15.7. The Hall–Kier alpha value is -3.14. The molecule has 1 atom stereocenters. The van der Waals surface area contributed by atoms with E-state index in [1.807, 2.05) is 18.2 Å². The van der Waals surface area contributed by atoms with Crippen LogP contribution in [0.4, 0.5) is 14.5 Å². The van der Waals surface area contributed by atoms with E-state index in [1.165, 1.54) is 16.5 Å². The molecule has 0 bridgehead atoms. The molecule has 0 saturated carbocycles. The second-order valence-corrected chi connectivity index (χ2v) is 11.7. The summed E-state index contributed by atoms with van der Waals surface area (Å²) in [7, 11) is 0. The summed E-state index contributed by atoms with van der Waals surface area (Å²) in [6, 6.07) is 20.1. The number of piperazine rings is 1. The molecule has 0 radical (unpaired) electrons. The van der Waals surface area contributed by atoms with Crippen LogP contribution in [-0.4, -0.2) is 65.8 Å². The Morgan fingerprint density at radius 1 is 0.925 bits per heavy atom. The summed E-state index contributed by atoms with van der Waals surface area (Å²) in [4.78, 5) is 32.0. The summed E-state index contributed by atoms with van der Waals surface area (Å²) in [5, 5.41) is 2.76. The molecule has 2 heterocycles. The van der Waals surface area contributed by atoms with Crippen LogP contribution < -0.4 is 5.32 Å². The second kappa shape index (κ2) is 12.2. The number of hydrogen-bond acceptors (Lipinski definition) is 4. The van der Waals surface area contributed by atoms with E-state index in [-0.39, 0.29) is 25.1 Å². The number of amides is 2. The van der Waals surface area contributed by atoms with Crippen LogP contribution in [0.3, 0.4) is 0 Å². The van der Waals surface area contributed by atoms with Gasteiger partial charge in [0.2, 0.25) is 0 Å². The Labute approximate surface area is 242 Å². The largest absolute Gasteiger partial charge is 0.331 e. The molecule has 1 N–H and O–H groups in total. The Bertz CT molecular complexity index is 1360. The number of carbonyl (C=O) groups excluding carboxylic acids is 2. The maximum Gasteiger partial charge on any atom is 0.313 e. The van der Waals surface area contributed by atoms with E-state index in [0.717, 1.165) is 48.8 Å². The van der Waals surface area contributed by atoms with Gasteiger partial charge in [-0.25, -0.2) is 8.78 Å². The van der Waals surface area contributed by atoms with Crippen LogP contribution in [0.5, 0.6) is 0 Å². The number of nitrogens with one attached hydrogen (secondary N) is 1. The lowest BCUT2D eigenvalue weighted by molar-refractivity contribution is -0.142. The van der Waals surface area contributed by atoms with E-state index in [0.29, 0.717) is 17.8 Å². The average Bonchev–Trinajstić information content (AvgIpc) is 3.34. The van der Waals surface area contributed by atoms with Crippen molar-refractivity contribution in [1.29, 1.82) is 0 Å². The molecule has 40 heavy (non-hydrogen) atoms. The number of aryl methyl sites for hydroxylation is 1. The first-order valence-corrected chi connectivity index (χ1v) is 14.3. The molecular formula is C31H33BrF2N4O2. The van der Waals surface area contributed by atoms with Gasteiger partial charge in [-0.15, -0.1) is 0 Å². The second-order valence-electron chi connectivity index (χ2n) is 10.8. The zero-order chi connectivity index (χ0) is 28.3. The van der Waals surface area contributed by atoms with Crippen LogP contribution in [0.15, 0.2) is 71.2 Å². The third-order valence-corrected chi connectivity index (χ3v) is 8.18. The van der Waals surface area contributed by atoms with Gasteiger partial charge in [0.05, 0.1) is 6.54 Å². The summed E-state index contributed by atoms with van der Waals surface area (Å²) >= 11 is 3.46. The van der Waals surface area contributed by atoms with E-state index in [4.69, 9.17) is 0 Å². The van der Waals surface area contributed by atoms with Gasteiger partial charge in [-0.05, 0) is 53.4 Å². The highest BCUT2D eigenvalue weighted by atomic mass is 79.9. The number of alkyl halides is 1. The molecule has 9 heteroatoms. The van der Waals surface area contributed by atoms with Gasteiger partial charge in [0.1, 0.15) is 5.82 Å². The van der Waals surface area contributed by atoms with E-state index < -0.39 is 23.3 Å². The van der Waals surface area contributed by atoms with Crippen molar-refractivity contribution in [2.24, 2.45) is 0 Å². The number of rotatable bonds is 6. The number of nitrogens with zero attached hydrogens (tertiary/aromatic N) is 3. The van der Waals surface area contributed by atoms with Gasteiger partial charge in [0.25, 0.3) is 0 Å². The third kappa shape index (κ3) is 6.77. The molecule has 0 aromatic heterocycles. The van der Waals surface area contributed by atoms with Crippen LogP contribution in [0.1, 0.15) is 28.7 Å². The molecular weight excluding hydrogens is 578 g/mol. The lowest BCUT2D eigenvalue weighted by Gasteiger charge is -2.35. The topological polar surface area (TPSA) is 55.9 Å². The standard InChI is InChI=1S/C31H33BrF2N4O2/c1-22-15-25(17-27(33)16-22)31(34)9-10-38(21-31)30(40)29(39)35-28-18-26(32)8-7-24(28)20-37-13-11-36(12-14-37)19-23-5-3-2-4-6-23/h2-8,15-18H,9-14,19-21H2,1H3,(H,35,39). The van der Waals surface area contributed by atoms with Crippen molar-refractivity contribution < 1.29 is 18.4 Å². The molecule has 6 nitrogen and oxygen atoms in total. The Kier molecular flexibility index (Phi) is 8.63. The van der Waals surface area contributed by atoms with Crippen molar-refractivity contribution >= 4 is 33.4 Å². The number of anilines is 1. The van der Waals surface area contributed by atoms with Crippen molar-refractivity contribution in [2.45, 2.75) is 32.1 Å². The number of hydrogen-bond donors (Lipinski definition) is 1. The van der Waals surface area contributed by atoms with E-state index >= 15 is 4.39 Å². The van der Waals surface area contributed by atoms with Gasteiger partial charge in [-0.2, -0.15) is 0 Å². The molecule has 1 unspecified atom stereocenters. The average molecular weight is 612 g/mol. The fourth-order valence-corrected chi connectivity index (χ4v) is 5.85. The molecule has 5 rings (SSSR count). The summed E-state index contributed by atoms with van der Waals surface area (Å²) in [5.74, 6) is -2.13. The molecule has 0 aliphatic carbocycles. The van der Waals surface area contributed by atoms with Crippen molar-refractivity contribution in [3.05, 3.63) is 99.3 Å². The molecule has 2 aliphatic heterocycles. The molecule has 2 saturated heterocycles. The normalized spacial score (nSPS) is 20.1. The van der Waals surface area contributed by atoms with Crippen LogP contribution in [0.25, 0.3) is 0 Å². The number of halogens is 3. The van der Waals surface area contributed by atoms with Crippen molar-refractivity contribution in [1.82, 2.24) is 14.7 Å². The van der Waals surface area contributed by atoms with Gasteiger partial charge in [-0.3, -0.25) is 19.4 Å². The van der Waals surface area contributed by atoms with E-state index in [1.54, 1.807) is 19.1 Å². The Balaban J connectivity index is 1.19. The first-order valence-electron chi connectivity index (χ1n) is 13.5. The minimum atomic E-state index is -1.90. The van der Waals surface area contributed by atoms with Gasteiger partial charge in [0.15, 0.2) is 5.67 Å². The first-order chi connectivity index (χ1) is 19.2. The summed E-state index contributed by atoms with van der Waals surface area (Å²) < 4.78 is 30.4. The van der Waals surface area contributed by atoms with E-state index in [2.05, 4.69) is 55.3 Å². The Morgan fingerprint density at radius 3 is 2.33 bits per heavy atom. The molecule has 0 spiro atoms. The lowest BCUT2D eigenvalue weighted by atomic mass is 9.93. The highest BCUT2D eigenvalue weighted by Gasteiger charge is 2.43. The summed E-state index contributed by atoms with van der Waals surface area (Å²) in [5.41, 5.74) is 1.65. The maximum atomic E-state index is 15.7. The molecule has 210 valence electrons. The first kappa shape index (κ1) is 28.4. The van der Waals surface area contributed by atoms with Crippen LogP contribution >= 0.6 is 15.9 Å². The monoisotopic (exact) mass is 610 g/mol. The molecule has 2 amide bonds. The predicted molar refractivity (Wildman–Crippen MR) is 155 cm³/mol. The highest BCUT2D eigenvalue weighted by molar-refractivity contribution is 9.10. The highest BCUT2D eigenvalue weighted by Crippen LogP contribution is 2.37. The van der Waals surface area contributed by atoms with Crippen molar-refractivity contribution in [3.8, 4) is 0 Å². The Morgan fingerprint density at radius 2 is 1.62 bits per heavy atom. The number of carbonyl (C=O) groups is 2. The van der Waals surface area contributed by atoms with Gasteiger partial charge < -0.3 is 10.2 Å². The lowest BCUT2D eigenvalue weighted by Crippen LogP contribution is -2.45. The van der Waals surface area contributed by atoms with Crippen LogP contribution in [-0.2, 0) is 28.3 Å². The number of likely N-dealkylation sites (tertiary alicyclic amines) is 1. The van der Waals surface area contributed by atoms with Crippen LogP contribution in [0, 0.1) is 12.7 Å². The van der Waals surface area contributed by atoms with E-state index in [9.17, 15) is 14.0 Å². The zero-order valence-corrected chi connectivity index (χ0v) is 24.1. The fraction of sp³-hybridized carbons (Fsp3) is 0.355. The SMILES string of the molecule is Cc1cc(F)cc(C2(F)CCN(C(=O)C(=O)Nc3cc(Br)ccc3CN3CCN(Cc4ccccc4)CC3)C2)c1. The fourth-order valence-electron chi connectivity index (χ4n) is 5.49. The molecule has 2 fully saturated rings. The quantitative estimate of drug-likeness (QED) is 0.387. The van der Waals surface area contributed by atoms with Crippen molar-refractivity contribution in [3.63, 3.8) is 0 Å². The third-order valence-electron chi connectivity index (χ3n) is 7.69. The molecule has 3 aromatic rings. The minimum Gasteiger partial charge on any atom is -0.331 e.